The van der Waals surface area contributed by atoms with Crippen molar-refractivity contribution in [1.29, 1.82) is 0 Å². The second kappa shape index (κ2) is 5.93. The van der Waals surface area contributed by atoms with Gasteiger partial charge in [-0.25, -0.2) is 0 Å². The lowest BCUT2D eigenvalue weighted by Gasteiger charge is -2.17. The molecule has 2 fully saturated rings. The Balaban J connectivity index is 1.66. The van der Waals surface area contributed by atoms with Gasteiger partial charge in [0.05, 0.1) is 17.9 Å². The Kier molecular flexibility index (Phi) is 4.01. The lowest BCUT2D eigenvalue weighted by Crippen LogP contribution is -2.37. The summed E-state index contributed by atoms with van der Waals surface area (Å²) in [5, 5.41) is 3.12. The fourth-order valence-corrected chi connectivity index (χ4v) is 2.98. The second-order valence-corrected chi connectivity index (χ2v) is 5.84. The molecular weight excluding hydrogens is 266 g/mol. The van der Waals surface area contributed by atoms with Crippen LogP contribution in [0.5, 0.6) is 5.75 Å². The first kappa shape index (κ1) is 14.2. The Morgan fingerprint density at radius 3 is 2.95 bits per heavy atom. The van der Waals surface area contributed by atoms with Crippen LogP contribution in [0.4, 0.5) is 5.69 Å². The number of benzene rings is 1. The van der Waals surface area contributed by atoms with Crippen molar-refractivity contribution in [3.63, 3.8) is 0 Å². The zero-order valence-electron chi connectivity index (χ0n) is 12.5. The Morgan fingerprint density at radius 1 is 1.43 bits per heavy atom. The van der Waals surface area contributed by atoms with Crippen molar-refractivity contribution in [1.82, 2.24) is 10.2 Å². The van der Waals surface area contributed by atoms with E-state index in [4.69, 9.17) is 10.5 Å². The summed E-state index contributed by atoms with van der Waals surface area (Å²) in [7, 11) is 0. The minimum Gasteiger partial charge on any atom is -0.491 e. The number of nitrogen functional groups attached to an aromatic ring is 1. The minimum absolute atomic E-state index is 0.0894. The highest BCUT2D eigenvalue weighted by Crippen LogP contribution is 2.30. The number of nitrogens with zero attached hydrogens (tertiary/aromatic N) is 1. The van der Waals surface area contributed by atoms with Crippen molar-refractivity contribution < 1.29 is 9.53 Å². The van der Waals surface area contributed by atoms with E-state index < -0.39 is 0 Å². The monoisotopic (exact) mass is 289 g/mol. The van der Waals surface area contributed by atoms with Gasteiger partial charge in [-0.1, -0.05) is 6.07 Å². The number of amides is 1. The molecule has 1 aliphatic carbocycles. The van der Waals surface area contributed by atoms with Gasteiger partial charge in [-0.05, 0) is 38.3 Å². The molecule has 5 nitrogen and oxygen atoms in total. The SMILES string of the molecule is CCOc1c(N)cccc1C(=O)NC1CCN(C2CC2)C1. The summed E-state index contributed by atoms with van der Waals surface area (Å²) < 4.78 is 5.53. The maximum atomic E-state index is 12.5. The van der Waals surface area contributed by atoms with E-state index in [1.807, 2.05) is 6.92 Å². The number of likely N-dealkylation sites (tertiary alicyclic amines) is 1. The molecule has 1 aliphatic heterocycles. The molecule has 3 N–H and O–H groups in total. The zero-order valence-corrected chi connectivity index (χ0v) is 12.5. The molecule has 0 aromatic heterocycles. The molecule has 5 heteroatoms. The second-order valence-electron chi connectivity index (χ2n) is 5.84. The minimum atomic E-state index is -0.0894. The van der Waals surface area contributed by atoms with Gasteiger partial charge < -0.3 is 15.8 Å². The van der Waals surface area contributed by atoms with E-state index in [1.54, 1.807) is 18.2 Å². The first-order chi connectivity index (χ1) is 10.2. The molecule has 0 bridgehead atoms. The third-order valence-corrected chi connectivity index (χ3v) is 4.20. The highest BCUT2D eigenvalue weighted by Gasteiger charge is 2.35. The molecule has 2 aliphatic rings. The molecule has 1 amide bonds. The third kappa shape index (κ3) is 3.13. The number of nitrogens with one attached hydrogen (secondary N) is 1. The van der Waals surface area contributed by atoms with E-state index in [0.717, 1.165) is 25.6 Å². The largest absolute Gasteiger partial charge is 0.491 e. The first-order valence-electron chi connectivity index (χ1n) is 7.75. The molecule has 1 atom stereocenters. The molecule has 114 valence electrons. The number of rotatable bonds is 5. The van der Waals surface area contributed by atoms with Crippen molar-refractivity contribution in [2.45, 2.75) is 38.3 Å². The lowest BCUT2D eigenvalue weighted by molar-refractivity contribution is 0.0934. The smallest absolute Gasteiger partial charge is 0.255 e. The molecule has 1 aromatic carbocycles. The molecule has 1 aromatic rings. The number of carbonyl (C=O) groups excluding carboxylic acids is 1. The Hall–Kier alpha value is -1.75. The van der Waals surface area contributed by atoms with Crippen LogP contribution in [0.25, 0.3) is 0 Å². The van der Waals surface area contributed by atoms with Crippen LogP contribution in [0.3, 0.4) is 0 Å². The third-order valence-electron chi connectivity index (χ3n) is 4.20. The number of hydrogen-bond acceptors (Lipinski definition) is 4. The van der Waals surface area contributed by atoms with Gasteiger partial charge in [0.2, 0.25) is 0 Å². The summed E-state index contributed by atoms with van der Waals surface area (Å²) in [5.74, 6) is 0.406. The van der Waals surface area contributed by atoms with Gasteiger partial charge in [-0.3, -0.25) is 9.69 Å². The van der Waals surface area contributed by atoms with E-state index in [2.05, 4.69) is 10.2 Å². The van der Waals surface area contributed by atoms with Crippen LogP contribution in [0, 0.1) is 0 Å². The van der Waals surface area contributed by atoms with Crippen LogP contribution in [0.15, 0.2) is 18.2 Å². The number of ether oxygens (including phenoxy) is 1. The molecule has 3 rings (SSSR count). The average molecular weight is 289 g/mol. The maximum Gasteiger partial charge on any atom is 0.255 e. The number of anilines is 1. The summed E-state index contributed by atoms with van der Waals surface area (Å²) in [4.78, 5) is 15.0. The Labute approximate surface area is 125 Å². The van der Waals surface area contributed by atoms with Crippen LogP contribution in [0.2, 0.25) is 0 Å². The normalized spacial score (nSPS) is 22.2. The number of carbonyl (C=O) groups is 1. The molecule has 1 unspecified atom stereocenters. The van der Waals surface area contributed by atoms with Crippen molar-refractivity contribution in [2.75, 3.05) is 25.4 Å². The quantitative estimate of drug-likeness (QED) is 0.809. The van der Waals surface area contributed by atoms with Gasteiger partial charge >= 0.3 is 0 Å². The van der Waals surface area contributed by atoms with Crippen LogP contribution in [-0.4, -0.2) is 42.6 Å². The summed E-state index contributed by atoms with van der Waals surface area (Å²) >= 11 is 0. The molecule has 0 spiro atoms. The van der Waals surface area contributed by atoms with Gasteiger partial charge in [0.1, 0.15) is 0 Å². The van der Waals surface area contributed by atoms with E-state index in [9.17, 15) is 4.79 Å². The number of hydrogen-bond donors (Lipinski definition) is 2. The van der Waals surface area contributed by atoms with Gasteiger partial charge in [0.15, 0.2) is 5.75 Å². The van der Waals surface area contributed by atoms with E-state index in [0.29, 0.717) is 23.6 Å². The topological polar surface area (TPSA) is 67.6 Å². The van der Waals surface area contributed by atoms with Crippen LogP contribution >= 0.6 is 0 Å². The van der Waals surface area contributed by atoms with E-state index in [1.165, 1.54) is 12.8 Å². The highest BCUT2D eigenvalue weighted by molar-refractivity contribution is 5.98. The van der Waals surface area contributed by atoms with E-state index >= 15 is 0 Å². The summed E-state index contributed by atoms with van der Waals surface area (Å²) in [5.41, 5.74) is 6.95. The predicted molar refractivity (Wildman–Crippen MR) is 82.5 cm³/mol. The average Bonchev–Trinajstić information content (AvgIpc) is 3.22. The summed E-state index contributed by atoms with van der Waals surface area (Å²) in [6, 6.07) is 6.31. The van der Waals surface area contributed by atoms with Gasteiger partial charge in [-0.15, -0.1) is 0 Å². The lowest BCUT2D eigenvalue weighted by atomic mass is 10.1. The van der Waals surface area contributed by atoms with Crippen LogP contribution < -0.4 is 15.8 Å². The molecule has 1 saturated heterocycles. The zero-order chi connectivity index (χ0) is 14.8. The van der Waals surface area contributed by atoms with Crippen molar-refractivity contribution in [2.24, 2.45) is 0 Å². The molecular formula is C16H23N3O2. The Bertz CT molecular complexity index is 528. The standard InChI is InChI=1S/C16H23N3O2/c1-2-21-15-13(4-3-5-14(15)17)16(20)18-11-8-9-19(10-11)12-6-7-12/h3-5,11-12H,2,6-10,17H2,1H3,(H,18,20). The van der Waals surface area contributed by atoms with E-state index in [-0.39, 0.29) is 11.9 Å². The van der Waals surface area contributed by atoms with Crippen LogP contribution in [0.1, 0.15) is 36.5 Å². The number of nitrogens with two attached hydrogens (primary N) is 1. The van der Waals surface area contributed by atoms with Gasteiger partial charge in [0.25, 0.3) is 5.91 Å². The van der Waals surface area contributed by atoms with Crippen molar-refractivity contribution in [3.05, 3.63) is 23.8 Å². The maximum absolute atomic E-state index is 12.5. The van der Waals surface area contributed by atoms with Gasteiger partial charge in [0, 0.05) is 25.2 Å². The molecule has 0 radical (unpaired) electrons. The summed E-state index contributed by atoms with van der Waals surface area (Å²) in [6.07, 6.45) is 3.64. The molecule has 1 heterocycles. The highest BCUT2D eigenvalue weighted by atomic mass is 16.5. The van der Waals surface area contributed by atoms with Gasteiger partial charge in [-0.2, -0.15) is 0 Å². The molecule has 21 heavy (non-hydrogen) atoms. The summed E-state index contributed by atoms with van der Waals surface area (Å²) in [6.45, 7) is 4.43. The molecule has 1 saturated carbocycles. The number of para-hydroxylation sites is 1. The fraction of sp³-hybridized carbons (Fsp3) is 0.562. The first-order valence-corrected chi connectivity index (χ1v) is 7.75. The van der Waals surface area contributed by atoms with Crippen molar-refractivity contribution >= 4 is 11.6 Å². The van der Waals surface area contributed by atoms with Crippen molar-refractivity contribution in [3.8, 4) is 5.75 Å². The van der Waals surface area contributed by atoms with Crippen LogP contribution in [-0.2, 0) is 0 Å². The Morgan fingerprint density at radius 2 is 2.24 bits per heavy atom. The fourth-order valence-electron chi connectivity index (χ4n) is 2.98. The predicted octanol–water partition coefficient (Wildman–Crippen LogP) is 1.63.